The first kappa shape index (κ1) is 18.7. The molecule has 1 atom stereocenters. The van der Waals surface area contributed by atoms with Gasteiger partial charge in [0.25, 0.3) is 10.0 Å². The molecule has 1 aliphatic rings. The number of rotatable bonds is 3. The van der Waals surface area contributed by atoms with Crippen LogP contribution < -0.4 is 9.62 Å². The van der Waals surface area contributed by atoms with Crippen molar-refractivity contribution in [2.45, 2.75) is 28.9 Å². The van der Waals surface area contributed by atoms with E-state index in [0.717, 1.165) is 23.1 Å². The molecule has 1 amide bonds. The van der Waals surface area contributed by atoms with Crippen LogP contribution in [0.2, 0.25) is 0 Å². The zero-order valence-corrected chi connectivity index (χ0v) is 15.6. The van der Waals surface area contributed by atoms with E-state index in [4.69, 9.17) is 0 Å². The first-order chi connectivity index (χ1) is 12.2. The number of carbonyl (C=O) groups is 1. The molecule has 0 saturated carbocycles. The average molecular weight is 398 g/mol. The maximum absolute atomic E-state index is 13.8. The van der Waals surface area contributed by atoms with E-state index in [9.17, 15) is 22.0 Å². The highest BCUT2D eigenvalue weighted by atomic mass is 32.2. The topological polar surface area (TPSA) is 66.5 Å². The number of hydrogen-bond acceptors (Lipinski definition) is 4. The quantitative estimate of drug-likeness (QED) is 0.858. The average Bonchev–Trinajstić information content (AvgIpc) is 2.56. The number of sulfonamides is 1. The molecule has 5 nitrogen and oxygen atoms in total. The summed E-state index contributed by atoms with van der Waals surface area (Å²) in [6.45, 7) is 3.85. The Bertz CT molecular complexity index is 980. The molecule has 0 spiro atoms. The Balaban J connectivity index is 2.00. The fourth-order valence-corrected chi connectivity index (χ4v) is 4.83. The van der Waals surface area contributed by atoms with Gasteiger partial charge in [0.15, 0.2) is 0 Å². The van der Waals surface area contributed by atoms with Crippen molar-refractivity contribution >= 4 is 39.1 Å². The van der Waals surface area contributed by atoms with Crippen molar-refractivity contribution in [2.24, 2.45) is 0 Å². The first-order valence-electron chi connectivity index (χ1n) is 7.74. The number of fused-ring (bicyclic) bond motifs is 1. The van der Waals surface area contributed by atoms with Crippen LogP contribution in [0.4, 0.5) is 20.2 Å². The summed E-state index contributed by atoms with van der Waals surface area (Å²) in [5.74, 6) is -1.84. The van der Waals surface area contributed by atoms with Gasteiger partial charge in [0.05, 0.1) is 16.3 Å². The van der Waals surface area contributed by atoms with Crippen LogP contribution in [0.1, 0.15) is 13.8 Å². The molecule has 9 heteroatoms. The molecule has 0 bridgehead atoms. The zero-order chi connectivity index (χ0) is 19.1. The van der Waals surface area contributed by atoms with E-state index >= 15 is 0 Å². The predicted octanol–water partition coefficient (Wildman–Crippen LogP) is 3.61. The number of thioether (sulfide) groups is 1. The number of halogens is 2. The molecule has 0 saturated heterocycles. The lowest BCUT2D eigenvalue weighted by atomic mass is 10.2. The Morgan fingerprint density at radius 1 is 1.23 bits per heavy atom. The number of carbonyl (C=O) groups excluding carboxylic acids is 1. The van der Waals surface area contributed by atoms with Gasteiger partial charge in [-0.2, -0.15) is 0 Å². The van der Waals surface area contributed by atoms with Gasteiger partial charge in [-0.3, -0.25) is 9.52 Å². The number of nitrogens with one attached hydrogen (secondary N) is 1. The standard InChI is InChI=1S/C17H16F2N2O3S2/c1-10-9-21(11(2)22)16-8-13(4-6-17(16)25-10)26(23,24)20-15-7-12(18)3-5-14(15)19/h3-8,10,20H,9H2,1-2H3/t10-/m1/s1. The summed E-state index contributed by atoms with van der Waals surface area (Å²) in [6, 6.07) is 6.87. The van der Waals surface area contributed by atoms with E-state index in [0.29, 0.717) is 12.2 Å². The number of nitrogens with zero attached hydrogens (tertiary/aromatic N) is 1. The van der Waals surface area contributed by atoms with Crippen LogP contribution in [-0.4, -0.2) is 26.1 Å². The van der Waals surface area contributed by atoms with Crippen molar-refractivity contribution in [2.75, 3.05) is 16.2 Å². The smallest absolute Gasteiger partial charge is 0.262 e. The summed E-state index contributed by atoms with van der Waals surface area (Å²) in [7, 11) is -4.15. The molecular weight excluding hydrogens is 382 g/mol. The third-order valence-electron chi connectivity index (χ3n) is 3.85. The molecule has 2 aromatic carbocycles. The highest BCUT2D eigenvalue weighted by molar-refractivity contribution is 8.00. The third kappa shape index (κ3) is 3.68. The first-order valence-corrected chi connectivity index (χ1v) is 10.1. The Labute approximate surface area is 154 Å². The minimum Gasteiger partial charge on any atom is -0.310 e. The molecule has 0 unspecified atom stereocenters. The van der Waals surface area contributed by atoms with Crippen LogP contribution in [0, 0.1) is 11.6 Å². The van der Waals surface area contributed by atoms with Gasteiger partial charge >= 0.3 is 0 Å². The molecule has 26 heavy (non-hydrogen) atoms. The van der Waals surface area contributed by atoms with E-state index < -0.39 is 27.3 Å². The van der Waals surface area contributed by atoms with Crippen LogP contribution >= 0.6 is 11.8 Å². The maximum atomic E-state index is 13.8. The van der Waals surface area contributed by atoms with Crippen molar-refractivity contribution < 1.29 is 22.0 Å². The van der Waals surface area contributed by atoms with Crippen LogP contribution in [0.25, 0.3) is 0 Å². The Hall–Kier alpha value is -2.13. The monoisotopic (exact) mass is 398 g/mol. The molecule has 0 aliphatic carbocycles. The fraction of sp³-hybridized carbons (Fsp3) is 0.235. The zero-order valence-electron chi connectivity index (χ0n) is 14.0. The molecule has 1 aliphatic heterocycles. The lowest BCUT2D eigenvalue weighted by Crippen LogP contribution is -2.37. The minimum absolute atomic E-state index is 0.138. The second kappa shape index (κ2) is 6.88. The van der Waals surface area contributed by atoms with E-state index in [2.05, 4.69) is 4.72 Å². The second-order valence-electron chi connectivity index (χ2n) is 5.92. The summed E-state index contributed by atoms with van der Waals surface area (Å²) in [5, 5.41) is 0.174. The highest BCUT2D eigenvalue weighted by Gasteiger charge is 2.27. The minimum atomic E-state index is -4.15. The molecule has 0 fully saturated rings. The van der Waals surface area contributed by atoms with E-state index in [1.807, 2.05) is 6.92 Å². The highest BCUT2D eigenvalue weighted by Crippen LogP contribution is 2.40. The van der Waals surface area contributed by atoms with E-state index in [-0.39, 0.29) is 16.1 Å². The Morgan fingerprint density at radius 2 is 1.96 bits per heavy atom. The molecule has 0 aromatic heterocycles. The molecule has 2 aromatic rings. The van der Waals surface area contributed by atoms with Gasteiger partial charge in [0, 0.05) is 29.7 Å². The lowest BCUT2D eigenvalue weighted by Gasteiger charge is -2.32. The normalized spacial score (nSPS) is 16.9. The van der Waals surface area contributed by atoms with Crippen molar-refractivity contribution in [3.05, 3.63) is 48.0 Å². The van der Waals surface area contributed by atoms with Gasteiger partial charge in [-0.25, -0.2) is 17.2 Å². The maximum Gasteiger partial charge on any atom is 0.262 e. The van der Waals surface area contributed by atoms with Gasteiger partial charge in [-0.15, -0.1) is 11.8 Å². The lowest BCUT2D eigenvalue weighted by molar-refractivity contribution is -0.116. The van der Waals surface area contributed by atoms with Crippen molar-refractivity contribution in [1.29, 1.82) is 0 Å². The van der Waals surface area contributed by atoms with Crippen LogP contribution in [0.15, 0.2) is 46.2 Å². The van der Waals surface area contributed by atoms with Crippen LogP contribution in [-0.2, 0) is 14.8 Å². The number of amides is 1. The number of anilines is 2. The van der Waals surface area contributed by atoms with E-state index in [1.54, 1.807) is 17.8 Å². The Morgan fingerprint density at radius 3 is 2.65 bits per heavy atom. The molecular formula is C17H16F2N2O3S2. The SMILES string of the molecule is CC(=O)N1C[C@@H](C)Sc2ccc(S(=O)(=O)Nc3cc(F)ccc3F)cc21. The summed E-state index contributed by atoms with van der Waals surface area (Å²) < 4.78 is 54.2. The van der Waals surface area contributed by atoms with Crippen molar-refractivity contribution in [3.63, 3.8) is 0 Å². The second-order valence-corrected chi connectivity index (χ2v) is 9.08. The largest absolute Gasteiger partial charge is 0.310 e. The summed E-state index contributed by atoms with van der Waals surface area (Å²) in [4.78, 5) is 14.1. The third-order valence-corrected chi connectivity index (χ3v) is 6.37. The van der Waals surface area contributed by atoms with Crippen LogP contribution in [0.3, 0.4) is 0 Å². The summed E-state index contributed by atoms with van der Waals surface area (Å²) in [6.07, 6.45) is 0. The molecule has 1 heterocycles. The van der Waals surface area contributed by atoms with Gasteiger partial charge in [0.1, 0.15) is 11.6 Å². The van der Waals surface area contributed by atoms with Crippen molar-refractivity contribution in [3.8, 4) is 0 Å². The predicted molar refractivity (Wildman–Crippen MR) is 97.0 cm³/mol. The number of benzene rings is 2. The van der Waals surface area contributed by atoms with Gasteiger partial charge in [-0.1, -0.05) is 6.92 Å². The number of hydrogen-bond donors (Lipinski definition) is 1. The summed E-state index contributed by atoms with van der Waals surface area (Å²) in [5.41, 5.74) is 0.0114. The van der Waals surface area contributed by atoms with Gasteiger partial charge in [-0.05, 0) is 30.3 Å². The van der Waals surface area contributed by atoms with Crippen molar-refractivity contribution in [1.82, 2.24) is 0 Å². The van der Waals surface area contributed by atoms with Gasteiger partial charge < -0.3 is 4.90 Å². The van der Waals surface area contributed by atoms with E-state index in [1.165, 1.54) is 24.0 Å². The molecule has 3 rings (SSSR count). The molecule has 0 radical (unpaired) electrons. The molecule has 1 N–H and O–H groups in total. The fourth-order valence-electron chi connectivity index (χ4n) is 2.66. The van der Waals surface area contributed by atoms with Crippen LogP contribution in [0.5, 0.6) is 0 Å². The summed E-state index contributed by atoms with van der Waals surface area (Å²) >= 11 is 1.54. The van der Waals surface area contributed by atoms with Gasteiger partial charge in [0.2, 0.25) is 5.91 Å². The Kier molecular flexibility index (Phi) is 4.94. The molecule has 138 valence electrons.